The Labute approximate surface area is 164 Å². The molecule has 1 aliphatic heterocycles. The highest BCUT2D eigenvalue weighted by atomic mass is 16.5. The Morgan fingerprint density at radius 2 is 1.82 bits per heavy atom. The summed E-state index contributed by atoms with van der Waals surface area (Å²) in [4.78, 5) is 19.8. The smallest absolute Gasteiger partial charge is 0.229 e. The monoisotopic (exact) mass is 376 g/mol. The largest absolute Gasteiger partial charge is 0.497 e. The molecule has 1 aromatic carbocycles. The zero-order valence-corrected chi connectivity index (χ0v) is 16.0. The van der Waals surface area contributed by atoms with Crippen LogP contribution in [0.15, 0.2) is 55.0 Å². The lowest BCUT2D eigenvalue weighted by atomic mass is 9.94. The van der Waals surface area contributed by atoms with Crippen LogP contribution in [0.5, 0.6) is 5.75 Å². The number of nitrogens with zero attached hydrogens (tertiary/aromatic N) is 5. The van der Waals surface area contributed by atoms with Crippen molar-refractivity contribution in [2.75, 3.05) is 25.5 Å². The molecule has 7 heteroatoms. The molecule has 4 rings (SSSR count). The van der Waals surface area contributed by atoms with Gasteiger partial charge in [-0.05, 0) is 49.2 Å². The van der Waals surface area contributed by atoms with Crippen LogP contribution in [0.4, 0.5) is 11.9 Å². The van der Waals surface area contributed by atoms with Crippen molar-refractivity contribution in [2.24, 2.45) is 0 Å². The van der Waals surface area contributed by atoms with Gasteiger partial charge in [0.2, 0.25) is 11.9 Å². The summed E-state index contributed by atoms with van der Waals surface area (Å²) >= 11 is 0. The summed E-state index contributed by atoms with van der Waals surface area (Å²) < 4.78 is 5.25. The summed E-state index contributed by atoms with van der Waals surface area (Å²) in [5, 5.41) is 3.08. The molecule has 1 aliphatic rings. The van der Waals surface area contributed by atoms with Crippen molar-refractivity contribution >= 4 is 11.9 Å². The molecule has 0 saturated carbocycles. The first-order chi connectivity index (χ1) is 13.8. The van der Waals surface area contributed by atoms with Crippen LogP contribution < -0.4 is 10.1 Å². The number of ether oxygens (including phenoxy) is 1. The van der Waals surface area contributed by atoms with Crippen LogP contribution in [0.2, 0.25) is 0 Å². The van der Waals surface area contributed by atoms with Crippen LogP contribution in [0.25, 0.3) is 0 Å². The van der Waals surface area contributed by atoms with Crippen LogP contribution in [0.3, 0.4) is 0 Å². The molecule has 3 heterocycles. The highest BCUT2D eigenvalue weighted by molar-refractivity contribution is 5.41. The van der Waals surface area contributed by atoms with E-state index in [2.05, 4.69) is 37.3 Å². The summed E-state index contributed by atoms with van der Waals surface area (Å²) in [6.45, 7) is 3.04. The van der Waals surface area contributed by atoms with E-state index in [4.69, 9.17) is 9.72 Å². The molecule has 144 valence electrons. The molecule has 7 nitrogen and oxygen atoms in total. The molecule has 1 fully saturated rings. The van der Waals surface area contributed by atoms with Gasteiger partial charge in [0.25, 0.3) is 0 Å². The van der Waals surface area contributed by atoms with Crippen LogP contribution >= 0.6 is 0 Å². The number of rotatable bonds is 6. The van der Waals surface area contributed by atoms with Crippen LogP contribution in [-0.4, -0.2) is 45.0 Å². The first-order valence-electron chi connectivity index (χ1n) is 9.52. The van der Waals surface area contributed by atoms with E-state index in [0.29, 0.717) is 17.8 Å². The average Bonchev–Trinajstić information content (AvgIpc) is 2.75. The topological polar surface area (TPSA) is 76.1 Å². The minimum absolute atomic E-state index is 0.396. The fraction of sp³-hybridized carbons (Fsp3) is 0.333. The first-order valence-corrected chi connectivity index (χ1v) is 9.52. The van der Waals surface area contributed by atoms with Crippen molar-refractivity contribution in [3.63, 3.8) is 0 Å². The van der Waals surface area contributed by atoms with E-state index in [1.165, 1.54) is 5.56 Å². The number of aromatic nitrogens is 4. The minimum atomic E-state index is 0.396. The summed E-state index contributed by atoms with van der Waals surface area (Å²) in [6.07, 6.45) is 7.48. The van der Waals surface area contributed by atoms with Gasteiger partial charge in [0.15, 0.2) is 0 Å². The van der Waals surface area contributed by atoms with Gasteiger partial charge in [-0.3, -0.25) is 10.2 Å². The van der Waals surface area contributed by atoms with Crippen molar-refractivity contribution in [2.45, 2.75) is 25.3 Å². The lowest BCUT2D eigenvalue weighted by molar-refractivity contribution is 0.198. The van der Waals surface area contributed by atoms with E-state index >= 15 is 0 Å². The third-order valence-corrected chi connectivity index (χ3v) is 4.96. The number of hydrogen-bond acceptors (Lipinski definition) is 7. The van der Waals surface area contributed by atoms with Crippen molar-refractivity contribution < 1.29 is 4.74 Å². The quantitative estimate of drug-likeness (QED) is 0.706. The van der Waals surface area contributed by atoms with Crippen LogP contribution in [0, 0.1) is 0 Å². The molecule has 0 amide bonds. The number of benzene rings is 1. The average molecular weight is 376 g/mol. The zero-order valence-electron chi connectivity index (χ0n) is 16.0. The molecule has 3 aromatic rings. The molecule has 0 radical (unpaired) electrons. The van der Waals surface area contributed by atoms with Gasteiger partial charge in [-0.25, -0.2) is 19.9 Å². The molecular weight excluding hydrogens is 352 g/mol. The second-order valence-electron chi connectivity index (χ2n) is 6.92. The molecule has 0 spiro atoms. The number of hydrogen-bond donors (Lipinski definition) is 1. The molecule has 1 atom stereocenters. The van der Waals surface area contributed by atoms with E-state index < -0.39 is 0 Å². The maximum Gasteiger partial charge on any atom is 0.229 e. The number of anilines is 2. The molecule has 0 aliphatic carbocycles. The van der Waals surface area contributed by atoms with Crippen LogP contribution in [-0.2, 0) is 6.54 Å². The maximum atomic E-state index is 5.25. The summed E-state index contributed by atoms with van der Waals surface area (Å²) in [5.74, 6) is 2.33. The Balaban J connectivity index is 1.41. The molecule has 2 aromatic heterocycles. The second kappa shape index (κ2) is 8.75. The normalized spacial score (nSPS) is 17.2. The van der Waals surface area contributed by atoms with E-state index in [9.17, 15) is 0 Å². The SMILES string of the molecule is COc1ccc(CN2CCCC(c3ccnc(Nc4ncccn4)n3)C2)cc1. The molecule has 1 unspecified atom stereocenters. The van der Waals surface area contributed by atoms with E-state index in [1.807, 2.05) is 18.2 Å². The van der Waals surface area contributed by atoms with Gasteiger partial charge in [0.05, 0.1) is 12.8 Å². The van der Waals surface area contributed by atoms with Crippen molar-refractivity contribution in [3.05, 3.63) is 66.2 Å². The number of piperidine rings is 1. The fourth-order valence-corrected chi connectivity index (χ4v) is 3.55. The van der Waals surface area contributed by atoms with E-state index in [1.54, 1.807) is 31.8 Å². The molecule has 0 bridgehead atoms. The second-order valence-corrected chi connectivity index (χ2v) is 6.92. The maximum absolute atomic E-state index is 5.25. The van der Waals surface area contributed by atoms with Gasteiger partial charge < -0.3 is 4.74 Å². The fourth-order valence-electron chi connectivity index (χ4n) is 3.55. The standard InChI is InChI=1S/C21H24N6O/c1-28-18-7-5-16(6-8-18)14-27-13-2-4-17(15-27)19-9-12-24-21(25-19)26-20-22-10-3-11-23-20/h3,5-12,17H,2,4,13-15H2,1H3,(H,22,23,24,25,26). The highest BCUT2D eigenvalue weighted by Gasteiger charge is 2.23. The predicted molar refractivity (Wildman–Crippen MR) is 108 cm³/mol. The molecular formula is C21H24N6O. The van der Waals surface area contributed by atoms with Crippen molar-refractivity contribution in [1.29, 1.82) is 0 Å². The summed E-state index contributed by atoms with van der Waals surface area (Å²) in [7, 11) is 1.69. The zero-order chi connectivity index (χ0) is 19.2. The third kappa shape index (κ3) is 4.61. The first kappa shape index (κ1) is 18.3. The van der Waals surface area contributed by atoms with Gasteiger partial charge in [-0.2, -0.15) is 0 Å². The predicted octanol–water partition coefficient (Wildman–Crippen LogP) is 3.40. The Bertz CT molecular complexity index is 887. The Hall–Kier alpha value is -3.06. The lowest BCUT2D eigenvalue weighted by Crippen LogP contribution is -2.34. The molecule has 1 N–H and O–H groups in total. The van der Waals surface area contributed by atoms with Gasteiger partial charge in [-0.1, -0.05) is 12.1 Å². The highest BCUT2D eigenvalue weighted by Crippen LogP contribution is 2.27. The Morgan fingerprint density at radius 3 is 2.61 bits per heavy atom. The van der Waals surface area contributed by atoms with Crippen LogP contribution in [0.1, 0.15) is 30.0 Å². The molecule has 1 saturated heterocycles. The molecule has 28 heavy (non-hydrogen) atoms. The Kier molecular flexibility index (Phi) is 5.72. The lowest BCUT2D eigenvalue weighted by Gasteiger charge is -2.32. The van der Waals surface area contributed by atoms with Gasteiger partial charge >= 0.3 is 0 Å². The summed E-state index contributed by atoms with van der Waals surface area (Å²) in [6, 6.07) is 12.1. The van der Waals surface area contributed by atoms with E-state index in [0.717, 1.165) is 43.9 Å². The van der Waals surface area contributed by atoms with Crippen molar-refractivity contribution in [1.82, 2.24) is 24.8 Å². The van der Waals surface area contributed by atoms with E-state index in [-0.39, 0.29) is 0 Å². The van der Waals surface area contributed by atoms with Gasteiger partial charge in [0.1, 0.15) is 5.75 Å². The van der Waals surface area contributed by atoms with Gasteiger partial charge in [0, 0.05) is 37.6 Å². The van der Waals surface area contributed by atoms with Gasteiger partial charge in [-0.15, -0.1) is 0 Å². The summed E-state index contributed by atoms with van der Waals surface area (Å²) in [5.41, 5.74) is 2.36. The van der Waals surface area contributed by atoms with Crippen molar-refractivity contribution in [3.8, 4) is 5.75 Å². The Morgan fingerprint density at radius 1 is 1.04 bits per heavy atom. The number of methoxy groups -OCH3 is 1. The minimum Gasteiger partial charge on any atom is -0.497 e. The third-order valence-electron chi connectivity index (χ3n) is 4.96. The number of likely N-dealkylation sites (tertiary alicyclic amines) is 1. The number of nitrogens with one attached hydrogen (secondary N) is 1.